The van der Waals surface area contributed by atoms with E-state index in [1.54, 1.807) is 17.0 Å². The van der Waals surface area contributed by atoms with E-state index in [0.29, 0.717) is 11.6 Å². The molecule has 29 heavy (non-hydrogen) atoms. The van der Waals surface area contributed by atoms with Crippen LogP contribution in [-0.4, -0.2) is 47.4 Å². The maximum atomic E-state index is 12.7. The van der Waals surface area contributed by atoms with Crippen molar-refractivity contribution in [3.8, 4) is 0 Å². The average Bonchev–Trinajstić information content (AvgIpc) is 3.13. The average molecular weight is 413 g/mol. The van der Waals surface area contributed by atoms with Crippen molar-refractivity contribution in [2.45, 2.75) is 31.8 Å². The molecule has 0 bridgehead atoms. The zero-order valence-corrected chi connectivity index (χ0v) is 17.0. The third kappa shape index (κ3) is 4.95. The van der Waals surface area contributed by atoms with E-state index in [-0.39, 0.29) is 30.2 Å². The molecule has 2 saturated heterocycles. The first-order valence-corrected chi connectivity index (χ1v) is 10.4. The van der Waals surface area contributed by atoms with Gasteiger partial charge in [0.1, 0.15) is 0 Å². The Morgan fingerprint density at radius 1 is 1.14 bits per heavy atom. The molecule has 7 heteroatoms. The highest BCUT2D eigenvalue weighted by atomic mass is 35.5. The van der Waals surface area contributed by atoms with Crippen LogP contribution >= 0.6 is 11.6 Å². The summed E-state index contributed by atoms with van der Waals surface area (Å²) >= 11 is 5.92. The van der Waals surface area contributed by atoms with E-state index in [9.17, 15) is 9.59 Å². The van der Waals surface area contributed by atoms with Crippen molar-refractivity contribution >= 4 is 29.1 Å². The van der Waals surface area contributed by atoms with E-state index in [0.717, 1.165) is 43.9 Å². The molecule has 6 nitrogen and oxygen atoms in total. The highest BCUT2D eigenvalue weighted by molar-refractivity contribution is 6.30. The number of rotatable bonds is 5. The smallest absolute Gasteiger partial charge is 0.227 e. The van der Waals surface area contributed by atoms with Gasteiger partial charge in [-0.05, 0) is 49.2 Å². The van der Waals surface area contributed by atoms with Crippen molar-refractivity contribution in [2.75, 3.05) is 24.5 Å². The molecule has 1 aromatic carbocycles. The quantitative estimate of drug-likeness (QED) is 0.820. The number of amides is 2. The Bertz CT molecular complexity index is 851. The summed E-state index contributed by atoms with van der Waals surface area (Å²) in [5.41, 5.74) is 1.86. The number of benzene rings is 1. The fourth-order valence-electron chi connectivity index (χ4n) is 4.03. The molecule has 152 valence electrons. The monoisotopic (exact) mass is 412 g/mol. The van der Waals surface area contributed by atoms with Crippen molar-refractivity contribution < 1.29 is 9.59 Å². The van der Waals surface area contributed by atoms with Crippen LogP contribution in [-0.2, 0) is 16.1 Å². The molecule has 2 fully saturated rings. The van der Waals surface area contributed by atoms with E-state index in [1.165, 1.54) is 0 Å². The van der Waals surface area contributed by atoms with Crippen molar-refractivity contribution in [3.63, 3.8) is 0 Å². The first-order chi connectivity index (χ1) is 14.1. The van der Waals surface area contributed by atoms with Gasteiger partial charge in [-0.1, -0.05) is 17.7 Å². The summed E-state index contributed by atoms with van der Waals surface area (Å²) in [7, 11) is 0. The Kier molecular flexibility index (Phi) is 6.11. The molecule has 0 aliphatic carbocycles. The van der Waals surface area contributed by atoms with Gasteiger partial charge in [-0.15, -0.1) is 0 Å². The minimum absolute atomic E-state index is 0.0158. The van der Waals surface area contributed by atoms with Crippen molar-refractivity contribution in [3.05, 3.63) is 59.4 Å². The maximum Gasteiger partial charge on any atom is 0.227 e. The molecule has 2 aromatic rings. The lowest BCUT2D eigenvalue weighted by Gasteiger charge is -2.32. The summed E-state index contributed by atoms with van der Waals surface area (Å²) in [6.45, 7) is 3.13. The lowest BCUT2D eigenvalue weighted by molar-refractivity contribution is -0.127. The highest BCUT2D eigenvalue weighted by Crippen LogP contribution is 2.26. The predicted octanol–water partition coefficient (Wildman–Crippen LogP) is 2.87. The molecular weight excluding hydrogens is 388 g/mol. The summed E-state index contributed by atoms with van der Waals surface area (Å²) in [5.74, 6) is -0.333. The van der Waals surface area contributed by atoms with Gasteiger partial charge in [0.05, 0.1) is 11.6 Å². The summed E-state index contributed by atoms with van der Waals surface area (Å²) in [4.78, 5) is 33.5. The minimum Gasteiger partial charge on any atom is -0.353 e. The first-order valence-electron chi connectivity index (χ1n) is 10.1. The van der Waals surface area contributed by atoms with Gasteiger partial charge in [-0.2, -0.15) is 0 Å². The van der Waals surface area contributed by atoms with E-state index in [2.05, 4.69) is 15.2 Å². The standard InChI is InChI=1S/C22H25ClN4O2/c23-17-4-6-20(7-5-17)27-14-16(13-21(27)28)22(29)25-18-8-11-26(12-9-18)15-19-3-1-2-10-24-19/h1-7,10,16,18H,8-9,11-15H2,(H,25,29). The molecule has 4 rings (SSSR count). The third-order valence-electron chi connectivity index (χ3n) is 5.68. The number of likely N-dealkylation sites (tertiary alicyclic amines) is 1. The highest BCUT2D eigenvalue weighted by Gasteiger charge is 2.36. The number of carbonyl (C=O) groups is 2. The van der Waals surface area contributed by atoms with Crippen LogP contribution in [0.2, 0.25) is 5.02 Å². The number of hydrogen-bond donors (Lipinski definition) is 1. The largest absolute Gasteiger partial charge is 0.353 e. The van der Waals surface area contributed by atoms with E-state index in [4.69, 9.17) is 11.6 Å². The molecule has 1 aromatic heterocycles. The maximum absolute atomic E-state index is 12.7. The SMILES string of the molecule is O=C(NC1CCN(Cc2ccccn2)CC1)C1CC(=O)N(c2ccc(Cl)cc2)C1. The third-order valence-corrected chi connectivity index (χ3v) is 5.93. The normalized spacial score (nSPS) is 20.8. The lowest BCUT2D eigenvalue weighted by atomic mass is 10.0. The second kappa shape index (κ2) is 8.93. The van der Waals surface area contributed by atoms with Crippen LogP contribution in [0.3, 0.4) is 0 Å². The van der Waals surface area contributed by atoms with Crippen LogP contribution in [0.1, 0.15) is 25.0 Å². The van der Waals surface area contributed by atoms with Gasteiger partial charge in [0.25, 0.3) is 0 Å². The topological polar surface area (TPSA) is 65.5 Å². The first kappa shape index (κ1) is 19.9. The Hall–Kier alpha value is -2.44. The molecular formula is C22H25ClN4O2. The molecule has 3 heterocycles. The van der Waals surface area contributed by atoms with Gasteiger partial charge >= 0.3 is 0 Å². The number of aromatic nitrogens is 1. The minimum atomic E-state index is -0.301. The van der Waals surface area contributed by atoms with E-state index < -0.39 is 0 Å². The zero-order valence-electron chi connectivity index (χ0n) is 16.3. The fourth-order valence-corrected chi connectivity index (χ4v) is 4.15. The van der Waals surface area contributed by atoms with Crippen LogP contribution < -0.4 is 10.2 Å². The molecule has 1 N–H and O–H groups in total. The second-order valence-corrected chi connectivity index (χ2v) is 8.20. The molecule has 2 amide bonds. The van der Waals surface area contributed by atoms with Gasteiger partial charge < -0.3 is 10.2 Å². The van der Waals surface area contributed by atoms with Crippen molar-refractivity contribution in [1.29, 1.82) is 0 Å². The summed E-state index contributed by atoms with van der Waals surface area (Å²) in [5, 5.41) is 3.79. The molecule has 1 unspecified atom stereocenters. The number of halogens is 1. The van der Waals surface area contributed by atoms with Gasteiger partial charge in [0.15, 0.2) is 0 Å². The lowest BCUT2D eigenvalue weighted by Crippen LogP contribution is -2.46. The van der Waals surface area contributed by atoms with E-state index in [1.807, 2.05) is 36.5 Å². The van der Waals surface area contributed by atoms with Gasteiger partial charge in [0, 0.05) is 55.5 Å². The fraction of sp³-hybridized carbons (Fsp3) is 0.409. The molecule has 1 atom stereocenters. The van der Waals surface area contributed by atoms with Gasteiger partial charge in [0.2, 0.25) is 11.8 Å². The number of piperidine rings is 1. The van der Waals surface area contributed by atoms with Crippen molar-refractivity contribution in [1.82, 2.24) is 15.2 Å². The second-order valence-electron chi connectivity index (χ2n) is 7.76. The Morgan fingerprint density at radius 2 is 1.90 bits per heavy atom. The number of hydrogen-bond acceptors (Lipinski definition) is 4. The number of anilines is 1. The van der Waals surface area contributed by atoms with Crippen molar-refractivity contribution in [2.24, 2.45) is 5.92 Å². The number of nitrogens with one attached hydrogen (secondary N) is 1. The molecule has 0 radical (unpaired) electrons. The predicted molar refractivity (Wildman–Crippen MR) is 113 cm³/mol. The molecule has 2 aliphatic heterocycles. The van der Waals surface area contributed by atoms with Crippen LogP contribution in [0, 0.1) is 5.92 Å². The zero-order chi connectivity index (χ0) is 20.2. The number of pyridine rings is 1. The molecule has 0 spiro atoms. The Morgan fingerprint density at radius 3 is 2.59 bits per heavy atom. The van der Waals surface area contributed by atoms with Crippen LogP contribution in [0.4, 0.5) is 5.69 Å². The van der Waals surface area contributed by atoms with Crippen LogP contribution in [0.25, 0.3) is 0 Å². The molecule has 0 saturated carbocycles. The summed E-state index contributed by atoms with van der Waals surface area (Å²) in [6.07, 6.45) is 3.91. The summed E-state index contributed by atoms with van der Waals surface area (Å²) < 4.78 is 0. The number of carbonyl (C=O) groups excluding carboxylic acids is 2. The molecule has 2 aliphatic rings. The van der Waals surface area contributed by atoms with Gasteiger partial charge in [-0.3, -0.25) is 19.5 Å². The van der Waals surface area contributed by atoms with E-state index >= 15 is 0 Å². The van der Waals surface area contributed by atoms with Crippen LogP contribution in [0.15, 0.2) is 48.7 Å². The van der Waals surface area contributed by atoms with Crippen LogP contribution in [0.5, 0.6) is 0 Å². The Balaban J connectivity index is 1.26. The summed E-state index contributed by atoms with van der Waals surface area (Å²) in [6, 6.07) is 13.3. The van der Waals surface area contributed by atoms with Gasteiger partial charge in [-0.25, -0.2) is 0 Å². The number of nitrogens with zero attached hydrogens (tertiary/aromatic N) is 3. The Labute approximate surface area is 175 Å².